The zero-order chi connectivity index (χ0) is 11.7. The van der Waals surface area contributed by atoms with Crippen molar-refractivity contribution in [1.29, 1.82) is 0 Å². The van der Waals surface area contributed by atoms with Crippen LogP contribution in [0.5, 0.6) is 0 Å². The van der Waals surface area contributed by atoms with Crippen LogP contribution in [-0.2, 0) is 32.7 Å². The summed E-state index contributed by atoms with van der Waals surface area (Å²) >= 11 is 0. The van der Waals surface area contributed by atoms with Crippen LogP contribution in [0.25, 0.3) is 10.4 Å². The van der Waals surface area contributed by atoms with Gasteiger partial charge in [0.25, 0.3) is 5.56 Å². The minimum atomic E-state index is -1.38. The molecule has 2 rings (SSSR count). The van der Waals surface area contributed by atoms with Crippen LogP contribution in [0, 0.1) is 6.57 Å². The zero-order valence-electron chi connectivity index (χ0n) is 8.49. The van der Waals surface area contributed by atoms with E-state index in [2.05, 4.69) is 9.83 Å². The molecule has 0 spiro atoms. The van der Waals surface area contributed by atoms with Gasteiger partial charge in [0.1, 0.15) is 0 Å². The molecule has 2 heterocycles. The molecule has 0 aromatic carbocycles. The number of fused-ring (bicyclic) bond motifs is 1. The number of carbonyl (C=O) groups is 1. The van der Waals surface area contributed by atoms with Crippen LogP contribution in [0.2, 0.25) is 0 Å². The molecule has 0 amide bonds. The number of carboxylic acid groups (broad SMARTS) is 1. The first kappa shape index (κ1) is 13.5. The molecule has 0 fully saturated rings. The van der Waals surface area contributed by atoms with Crippen molar-refractivity contribution in [2.24, 2.45) is 0 Å². The van der Waals surface area contributed by atoms with Gasteiger partial charge in [-0.25, -0.2) is 14.6 Å². The van der Waals surface area contributed by atoms with Crippen molar-refractivity contribution in [3.05, 3.63) is 52.0 Å². The maximum atomic E-state index is 11.7. The molecule has 17 heavy (non-hydrogen) atoms. The van der Waals surface area contributed by atoms with E-state index in [1.165, 1.54) is 24.5 Å². The Bertz CT molecular complexity index is 687. The number of rotatable bonds is 1. The van der Waals surface area contributed by atoms with E-state index in [0.717, 1.165) is 4.40 Å². The molecule has 1 N–H and O–H groups in total. The second-order valence-electron chi connectivity index (χ2n) is 3.01. The molecule has 6 nitrogen and oxygen atoms in total. The van der Waals surface area contributed by atoms with Crippen molar-refractivity contribution in [1.82, 2.24) is 9.38 Å². The van der Waals surface area contributed by atoms with Crippen LogP contribution < -0.4 is 5.56 Å². The summed E-state index contributed by atoms with van der Waals surface area (Å²) in [5.41, 5.74) is -0.588. The van der Waals surface area contributed by atoms with Gasteiger partial charge < -0.3 is 5.11 Å². The van der Waals surface area contributed by atoms with Gasteiger partial charge in [0.15, 0.2) is 0 Å². The number of hydrogen-bond donors (Lipinski definition) is 1. The summed E-state index contributed by atoms with van der Waals surface area (Å²) in [6.45, 7) is 6.81. The van der Waals surface area contributed by atoms with E-state index in [4.69, 9.17) is 11.7 Å². The summed E-state index contributed by atoms with van der Waals surface area (Å²) in [5.74, 6) is -1.38. The first-order chi connectivity index (χ1) is 7.63. The molecule has 0 saturated carbocycles. The van der Waals surface area contributed by atoms with Crippen molar-refractivity contribution in [2.45, 2.75) is 0 Å². The number of pyridine rings is 1. The molecule has 0 unspecified atom stereocenters. The number of hydrogen-bond acceptors (Lipinski definition) is 3. The van der Waals surface area contributed by atoms with Gasteiger partial charge in [-0.3, -0.25) is 9.20 Å². The van der Waals surface area contributed by atoms with E-state index in [-0.39, 0.29) is 38.4 Å². The number of nitrogens with zero attached hydrogens (tertiary/aromatic N) is 3. The summed E-state index contributed by atoms with van der Waals surface area (Å²) in [6, 6.07) is 3.07. The fraction of sp³-hybridized carbons (Fsp3) is 0. The van der Waals surface area contributed by atoms with Crippen LogP contribution in [0.3, 0.4) is 0 Å². The molecule has 7 heteroatoms. The van der Waals surface area contributed by atoms with Crippen LogP contribution in [0.15, 0.2) is 29.3 Å². The van der Waals surface area contributed by atoms with Crippen molar-refractivity contribution in [3.8, 4) is 0 Å². The van der Waals surface area contributed by atoms with Gasteiger partial charge >= 0.3 is 5.97 Å². The van der Waals surface area contributed by atoms with E-state index in [9.17, 15) is 9.59 Å². The van der Waals surface area contributed by atoms with Crippen LogP contribution in [-0.4, -0.2) is 20.5 Å². The van der Waals surface area contributed by atoms with Gasteiger partial charge in [-0.15, -0.1) is 0 Å². The standard InChI is InChI=1S/C10H5N3O3.Y/c1-11-6-2-3-7-4-12-8(10(15)16)9(14)13(7)5-6;/h2-5H,(H,15,16);. The number of aromatic carboxylic acids is 1. The quantitative estimate of drug-likeness (QED) is 0.796. The minimum Gasteiger partial charge on any atom is -0.476 e. The third kappa shape index (κ3) is 2.41. The smallest absolute Gasteiger partial charge is 0.360 e. The molecule has 1 radical (unpaired) electrons. The monoisotopic (exact) mass is 304 g/mol. The topological polar surface area (TPSA) is 76.0 Å². The summed E-state index contributed by atoms with van der Waals surface area (Å²) in [5, 5.41) is 8.72. The maximum Gasteiger partial charge on any atom is 0.360 e. The van der Waals surface area contributed by atoms with Crippen molar-refractivity contribution in [2.75, 3.05) is 0 Å². The van der Waals surface area contributed by atoms with Crippen molar-refractivity contribution < 1.29 is 42.6 Å². The van der Waals surface area contributed by atoms with Gasteiger partial charge in [0.2, 0.25) is 11.4 Å². The van der Waals surface area contributed by atoms with E-state index in [1.54, 1.807) is 0 Å². The third-order valence-corrected chi connectivity index (χ3v) is 2.04. The van der Waals surface area contributed by atoms with Crippen molar-refractivity contribution >= 4 is 17.2 Å². The minimum absolute atomic E-state index is 0. The van der Waals surface area contributed by atoms with E-state index < -0.39 is 17.2 Å². The summed E-state index contributed by atoms with van der Waals surface area (Å²) < 4.78 is 1.10. The first-order valence-corrected chi connectivity index (χ1v) is 4.25. The number of aromatic nitrogens is 2. The fourth-order valence-electron chi connectivity index (χ4n) is 1.29. The third-order valence-electron chi connectivity index (χ3n) is 2.04. The summed E-state index contributed by atoms with van der Waals surface area (Å²) in [6.07, 6.45) is 2.57. The molecule has 0 aliphatic heterocycles. The molecule has 0 atom stereocenters. The largest absolute Gasteiger partial charge is 0.476 e. The molecular formula is C10H5N3O3Y. The molecule has 81 valence electrons. The predicted octanol–water partition coefficient (Wildman–Crippen LogP) is 0.941. The molecule has 0 bridgehead atoms. The normalized spacial score (nSPS) is 9.35. The molecule has 0 aliphatic carbocycles. The number of carboxylic acids is 1. The summed E-state index contributed by atoms with van der Waals surface area (Å²) in [4.78, 5) is 29.0. The second-order valence-corrected chi connectivity index (χ2v) is 3.01. The van der Waals surface area contributed by atoms with Gasteiger partial charge in [-0.05, 0) is 6.07 Å². The zero-order valence-corrected chi connectivity index (χ0v) is 11.3. The Kier molecular flexibility index (Phi) is 4.10. The van der Waals surface area contributed by atoms with E-state index in [0.29, 0.717) is 5.52 Å². The van der Waals surface area contributed by atoms with Crippen LogP contribution in [0.4, 0.5) is 5.69 Å². The molecule has 0 aliphatic rings. The van der Waals surface area contributed by atoms with E-state index in [1.807, 2.05) is 0 Å². The van der Waals surface area contributed by atoms with Gasteiger partial charge in [0, 0.05) is 38.9 Å². The van der Waals surface area contributed by atoms with Gasteiger partial charge in [0.05, 0.1) is 18.3 Å². The fourth-order valence-corrected chi connectivity index (χ4v) is 1.29. The SMILES string of the molecule is [C-]#[N+]c1ccc2cnc(C(=O)O)c(=O)n2c1.[Y]. The summed E-state index contributed by atoms with van der Waals surface area (Å²) in [7, 11) is 0. The van der Waals surface area contributed by atoms with Gasteiger partial charge in [-0.2, -0.15) is 0 Å². The Hall–Kier alpha value is -1.58. The Labute approximate surface area is 121 Å². The maximum absolute atomic E-state index is 11.7. The Balaban J connectivity index is 0.00000144. The average Bonchev–Trinajstić information content (AvgIpc) is 2.28. The molecule has 2 aromatic rings. The first-order valence-electron chi connectivity index (χ1n) is 4.25. The Morgan fingerprint density at radius 1 is 1.47 bits per heavy atom. The van der Waals surface area contributed by atoms with Crippen LogP contribution in [0.1, 0.15) is 10.5 Å². The Morgan fingerprint density at radius 2 is 2.18 bits per heavy atom. The second kappa shape index (κ2) is 5.17. The van der Waals surface area contributed by atoms with Crippen LogP contribution >= 0.6 is 0 Å². The predicted molar refractivity (Wildman–Crippen MR) is 54.7 cm³/mol. The van der Waals surface area contributed by atoms with E-state index >= 15 is 0 Å². The Morgan fingerprint density at radius 3 is 2.76 bits per heavy atom. The van der Waals surface area contributed by atoms with Gasteiger partial charge in [-0.1, -0.05) is 6.07 Å². The average molecular weight is 304 g/mol. The van der Waals surface area contributed by atoms with Crippen molar-refractivity contribution in [3.63, 3.8) is 0 Å². The molecular weight excluding hydrogens is 299 g/mol. The molecule has 0 saturated heterocycles. The molecule has 2 aromatic heterocycles.